The van der Waals surface area contributed by atoms with E-state index in [4.69, 9.17) is 4.74 Å². The van der Waals surface area contributed by atoms with Crippen LogP contribution in [0.3, 0.4) is 0 Å². The fourth-order valence-corrected chi connectivity index (χ4v) is 2.43. The van der Waals surface area contributed by atoms with Gasteiger partial charge in [0, 0.05) is 5.39 Å². The average Bonchev–Trinajstić information content (AvgIpc) is 2.49. The van der Waals surface area contributed by atoms with Crippen molar-refractivity contribution in [1.82, 2.24) is 9.78 Å². The fraction of sp³-hybridized carbons (Fsp3) is 0.471. The lowest BCUT2D eigenvalue weighted by molar-refractivity contribution is -0.144. The zero-order valence-electron chi connectivity index (χ0n) is 13.5. The summed E-state index contributed by atoms with van der Waals surface area (Å²) in [5, 5.41) is 5.82. The second-order valence-corrected chi connectivity index (χ2v) is 5.53. The van der Waals surface area contributed by atoms with Crippen LogP contribution in [0, 0.1) is 0 Å². The Morgan fingerprint density at radius 2 is 2.00 bits per heavy atom. The molecule has 0 radical (unpaired) electrons. The third-order valence-corrected chi connectivity index (χ3v) is 3.65. The molecule has 1 aromatic carbocycles. The molecule has 0 atom stereocenters. The van der Waals surface area contributed by atoms with Crippen molar-refractivity contribution in [2.24, 2.45) is 0 Å². The number of esters is 1. The molecule has 5 nitrogen and oxygen atoms in total. The maximum atomic E-state index is 12.5. The van der Waals surface area contributed by atoms with Crippen molar-refractivity contribution >= 4 is 16.7 Å². The van der Waals surface area contributed by atoms with Gasteiger partial charge in [-0.15, -0.1) is 0 Å². The molecular formula is C17H22N2O3. The number of hydrogen-bond donors (Lipinski definition) is 0. The van der Waals surface area contributed by atoms with Crippen LogP contribution in [0.1, 0.15) is 44.9 Å². The Bertz CT molecular complexity index is 747. The number of benzene rings is 1. The van der Waals surface area contributed by atoms with Crippen molar-refractivity contribution in [3.63, 3.8) is 0 Å². The highest BCUT2D eigenvalue weighted by atomic mass is 16.5. The number of hydrogen-bond acceptors (Lipinski definition) is 4. The van der Waals surface area contributed by atoms with Crippen LogP contribution in [0.4, 0.5) is 0 Å². The van der Waals surface area contributed by atoms with Crippen LogP contribution in [0.5, 0.6) is 0 Å². The van der Waals surface area contributed by atoms with Gasteiger partial charge < -0.3 is 4.74 Å². The molecule has 2 rings (SSSR count). The number of carbonyl (C=O) groups is 1. The predicted octanol–water partition coefficient (Wildman–Crippen LogP) is 2.65. The van der Waals surface area contributed by atoms with E-state index in [1.165, 1.54) is 10.2 Å². The molecule has 1 heterocycles. The maximum absolute atomic E-state index is 12.5. The van der Waals surface area contributed by atoms with Crippen LogP contribution in [-0.4, -0.2) is 22.4 Å². The van der Waals surface area contributed by atoms with Crippen LogP contribution in [0.15, 0.2) is 23.0 Å². The molecule has 22 heavy (non-hydrogen) atoms. The molecule has 0 unspecified atom stereocenters. The third-order valence-electron chi connectivity index (χ3n) is 3.65. The lowest BCUT2D eigenvalue weighted by atomic mass is 9.99. The van der Waals surface area contributed by atoms with Gasteiger partial charge in [-0.2, -0.15) is 5.10 Å². The summed E-state index contributed by atoms with van der Waals surface area (Å²) < 4.78 is 6.10. The van der Waals surface area contributed by atoms with Crippen molar-refractivity contribution in [3.8, 4) is 0 Å². The number of rotatable bonds is 5. The zero-order chi connectivity index (χ0) is 16.3. The number of aromatic nitrogens is 2. The molecule has 0 saturated heterocycles. The lowest BCUT2D eigenvalue weighted by Gasteiger charge is -2.12. The van der Waals surface area contributed by atoms with E-state index in [1.807, 2.05) is 25.1 Å². The zero-order valence-corrected chi connectivity index (χ0v) is 13.5. The normalized spacial score (nSPS) is 11.1. The van der Waals surface area contributed by atoms with Crippen LogP contribution in [0.25, 0.3) is 10.8 Å². The highest BCUT2D eigenvalue weighted by Gasteiger charge is 2.13. The highest BCUT2D eigenvalue weighted by Crippen LogP contribution is 2.21. The van der Waals surface area contributed by atoms with Crippen molar-refractivity contribution in [1.29, 1.82) is 0 Å². The standard InChI is InChI=1S/C17H22N2O3/c1-5-15-14-9-12(11(3)4)7-8-13(14)17(21)19(18-15)10-16(20)22-6-2/h7-9,11H,5-6,10H2,1-4H3. The van der Waals surface area contributed by atoms with Crippen LogP contribution in [-0.2, 0) is 22.5 Å². The van der Waals surface area contributed by atoms with Crippen molar-refractivity contribution in [2.45, 2.75) is 46.6 Å². The second-order valence-electron chi connectivity index (χ2n) is 5.53. The van der Waals surface area contributed by atoms with E-state index in [2.05, 4.69) is 18.9 Å². The predicted molar refractivity (Wildman–Crippen MR) is 86.1 cm³/mol. The van der Waals surface area contributed by atoms with Crippen molar-refractivity contribution < 1.29 is 9.53 Å². The highest BCUT2D eigenvalue weighted by molar-refractivity contribution is 5.84. The Kier molecular flexibility index (Phi) is 4.96. The minimum absolute atomic E-state index is 0.151. The molecule has 0 fully saturated rings. The first-order valence-corrected chi connectivity index (χ1v) is 7.67. The smallest absolute Gasteiger partial charge is 0.327 e. The Balaban J connectivity index is 2.58. The number of fused-ring (bicyclic) bond motifs is 1. The number of nitrogens with zero attached hydrogens (tertiary/aromatic N) is 2. The molecule has 0 N–H and O–H groups in total. The van der Waals surface area contributed by atoms with Gasteiger partial charge in [-0.3, -0.25) is 9.59 Å². The third kappa shape index (κ3) is 3.18. The molecule has 0 spiro atoms. The molecule has 0 aliphatic rings. The second kappa shape index (κ2) is 6.73. The molecular weight excluding hydrogens is 280 g/mol. The molecule has 0 saturated carbocycles. The molecule has 0 aliphatic carbocycles. The molecule has 0 aliphatic heterocycles. The van der Waals surface area contributed by atoms with Gasteiger partial charge in [-0.1, -0.05) is 26.8 Å². The topological polar surface area (TPSA) is 61.2 Å². The van der Waals surface area contributed by atoms with E-state index >= 15 is 0 Å². The van der Waals surface area contributed by atoms with E-state index in [0.29, 0.717) is 24.3 Å². The van der Waals surface area contributed by atoms with E-state index in [9.17, 15) is 9.59 Å². The summed E-state index contributed by atoms with van der Waals surface area (Å²) in [5.41, 5.74) is 1.74. The lowest BCUT2D eigenvalue weighted by Crippen LogP contribution is -2.29. The Morgan fingerprint density at radius 3 is 2.59 bits per heavy atom. The Hall–Kier alpha value is -2.17. The van der Waals surface area contributed by atoms with E-state index in [1.54, 1.807) is 6.92 Å². The molecule has 118 valence electrons. The molecule has 0 amide bonds. The van der Waals surface area contributed by atoms with Gasteiger partial charge in [0.15, 0.2) is 0 Å². The maximum Gasteiger partial charge on any atom is 0.327 e. The summed E-state index contributed by atoms with van der Waals surface area (Å²) in [6.45, 7) is 8.09. The van der Waals surface area contributed by atoms with Gasteiger partial charge in [-0.05, 0) is 37.0 Å². The monoisotopic (exact) mass is 302 g/mol. The summed E-state index contributed by atoms with van der Waals surface area (Å²) in [6, 6.07) is 5.82. The Morgan fingerprint density at radius 1 is 1.27 bits per heavy atom. The molecule has 5 heteroatoms. The minimum Gasteiger partial charge on any atom is -0.465 e. The van der Waals surface area contributed by atoms with Crippen LogP contribution in [0.2, 0.25) is 0 Å². The van der Waals surface area contributed by atoms with Gasteiger partial charge in [-0.25, -0.2) is 4.68 Å². The number of carbonyl (C=O) groups excluding carboxylic acids is 1. The summed E-state index contributed by atoms with van der Waals surface area (Å²) in [5.74, 6) is -0.0617. The first kappa shape index (κ1) is 16.2. The first-order valence-electron chi connectivity index (χ1n) is 7.67. The Labute approximate surface area is 129 Å². The summed E-state index contributed by atoms with van der Waals surface area (Å²) in [6.07, 6.45) is 0.696. The SMILES string of the molecule is CCOC(=O)Cn1nc(CC)c2cc(C(C)C)ccc2c1=O. The van der Waals surface area contributed by atoms with Gasteiger partial charge in [0.2, 0.25) is 0 Å². The van der Waals surface area contributed by atoms with Gasteiger partial charge in [0.25, 0.3) is 5.56 Å². The average molecular weight is 302 g/mol. The van der Waals surface area contributed by atoms with Gasteiger partial charge in [0.1, 0.15) is 6.54 Å². The van der Waals surface area contributed by atoms with Gasteiger partial charge >= 0.3 is 5.97 Å². The number of aryl methyl sites for hydroxylation is 1. The molecule has 0 bridgehead atoms. The van der Waals surface area contributed by atoms with Crippen molar-refractivity contribution in [3.05, 3.63) is 39.8 Å². The van der Waals surface area contributed by atoms with E-state index in [-0.39, 0.29) is 12.1 Å². The fourth-order valence-electron chi connectivity index (χ4n) is 2.43. The van der Waals surface area contributed by atoms with Gasteiger partial charge in [0.05, 0.1) is 17.7 Å². The molecule has 1 aromatic heterocycles. The van der Waals surface area contributed by atoms with E-state index in [0.717, 1.165) is 11.1 Å². The first-order chi connectivity index (χ1) is 10.5. The van der Waals surface area contributed by atoms with Crippen LogP contribution >= 0.6 is 0 Å². The summed E-state index contributed by atoms with van der Waals surface area (Å²) in [4.78, 5) is 24.1. The quantitative estimate of drug-likeness (QED) is 0.797. The molecule has 2 aromatic rings. The van der Waals surface area contributed by atoms with E-state index < -0.39 is 5.97 Å². The van der Waals surface area contributed by atoms with Crippen molar-refractivity contribution in [2.75, 3.05) is 6.61 Å². The van der Waals surface area contributed by atoms with Crippen LogP contribution < -0.4 is 5.56 Å². The number of ether oxygens (including phenoxy) is 1. The summed E-state index contributed by atoms with van der Waals surface area (Å²) in [7, 11) is 0. The summed E-state index contributed by atoms with van der Waals surface area (Å²) >= 11 is 0. The largest absolute Gasteiger partial charge is 0.465 e. The minimum atomic E-state index is -0.447.